The maximum atomic E-state index is 11.5. The van der Waals surface area contributed by atoms with E-state index in [1.165, 1.54) is 0 Å². The molecule has 1 aromatic carbocycles. The number of benzene rings is 1. The van der Waals surface area contributed by atoms with Gasteiger partial charge in [-0.2, -0.15) is 5.10 Å². The van der Waals surface area contributed by atoms with Gasteiger partial charge in [0.15, 0.2) is 9.84 Å². The van der Waals surface area contributed by atoms with Gasteiger partial charge in [0.05, 0.1) is 18.0 Å². The van der Waals surface area contributed by atoms with Gasteiger partial charge in [-0.1, -0.05) is 35.0 Å². The number of rotatable bonds is 5. The number of sulfone groups is 1. The maximum absolute atomic E-state index is 11.5. The lowest BCUT2D eigenvalue weighted by molar-refractivity contribution is 0.582. The molecule has 5 nitrogen and oxygen atoms in total. The lowest BCUT2D eigenvalue weighted by atomic mass is 10.1. The number of nitrogens with zero attached hydrogens (tertiary/aromatic N) is 2. The van der Waals surface area contributed by atoms with E-state index in [1.807, 2.05) is 24.3 Å². The highest BCUT2D eigenvalue weighted by Crippen LogP contribution is 2.26. The van der Waals surface area contributed by atoms with Crippen molar-refractivity contribution in [2.45, 2.75) is 13.5 Å². The highest BCUT2D eigenvalue weighted by Gasteiger charge is 2.12. The van der Waals surface area contributed by atoms with Gasteiger partial charge in [0, 0.05) is 22.0 Å². The summed E-state index contributed by atoms with van der Waals surface area (Å²) in [6, 6.07) is 7.66. The molecule has 108 valence electrons. The molecule has 1 heterocycles. The summed E-state index contributed by atoms with van der Waals surface area (Å²) in [7, 11) is -3.00. The Bertz CT molecular complexity index is 710. The molecule has 0 atom stereocenters. The summed E-state index contributed by atoms with van der Waals surface area (Å²) < 4.78 is 25.5. The van der Waals surface area contributed by atoms with Crippen LogP contribution in [-0.2, 0) is 16.4 Å². The molecule has 0 fully saturated rings. The van der Waals surface area contributed by atoms with Crippen molar-refractivity contribution in [3.63, 3.8) is 0 Å². The maximum Gasteiger partial charge on any atom is 0.151 e. The third-order valence-corrected chi connectivity index (χ3v) is 5.14. The van der Waals surface area contributed by atoms with Crippen molar-refractivity contribution in [1.29, 1.82) is 0 Å². The first kappa shape index (κ1) is 15.1. The van der Waals surface area contributed by atoms with Gasteiger partial charge in [0.2, 0.25) is 0 Å². The fourth-order valence-corrected chi connectivity index (χ4v) is 2.94. The van der Waals surface area contributed by atoms with Crippen LogP contribution in [0.15, 0.2) is 34.9 Å². The number of hydrogen-bond acceptors (Lipinski definition) is 4. The van der Waals surface area contributed by atoms with E-state index in [2.05, 4.69) is 21.0 Å². The van der Waals surface area contributed by atoms with E-state index >= 15 is 0 Å². The molecule has 0 saturated carbocycles. The molecule has 20 heavy (non-hydrogen) atoms. The van der Waals surface area contributed by atoms with Crippen molar-refractivity contribution in [2.24, 2.45) is 0 Å². The zero-order valence-electron chi connectivity index (χ0n) is 11.1. The van der Waals surface area contributed by atoms with Crippen molar-refractivity contribution >= 4 is 31.5 Å². The Hall–Kier alpha value is -1.34. The number of anilines is 1. The third kappa shape index (κ3) is 3.61. The minimum atomic E-state index is -3.00. The molecule has 0 aliphatic rings. The second-order valence-corrected chi connectivity index (χ2v) is 7.83. The first-order valence-electron chi connectivity index (χ1n) is 6.20. The van der Waals surface area contributed by atoms with Gasteiger partial charge < -0.3 is 5.73 Å². The van der Waals surface area contributed by atoms with Crippen LogP contribution < -0.4 is 5.73 Å². The number of nitrogens with two attached hydrogens (primary N) is 1. The molecule has 0 radical (unpaired) electrons. The Morgan fingerprint density at radius 1 is 1.40 bits per heavy atom. The molecule has 0 bridgehead atoms. The zero-order chi connectivity index (χ0) is 14.8. The van der Waals surface area contributed by atoms with Crippen molar-refractivity contribution in [1.82, 2.24) is 9.78 Å². The number of nitrogen functional groups attached to an aromatic ring is 1. The van der Waals surface area contributed by atoms with Crippen LogP contribution in [0.2, 0.25) is 0 Å². The van der Waals surface area contributed by atoms with Gasteiger partial charge in [-0.25, -0.2) is 8.42 Å². The largest absolute Gasteiger partial charge is 0.396 e. The SMILES string of the molecule is CCS(=O)(=O)CCn1cc(N)c(-c2cccc(Br)c2)n1. The second kappa shape index (κ2) is 5.97. The Labute approximate surface area is 126 Å². The van der Waals surface area contributed by atoms with Gasteiger partial charge in [0.25, 0.3) is 0 Å². The van der Waals surface area contributed by atoms with Gasteiger partial charge in [-0.3, -0.25) is 4.68 Å². The topological polar surface area (TPSA) is 78.0 Å². The molecule has 1 aromatic heterocycles. The lowest BCUT2D eigenvalue weighted by Crippen LogP contribution is -2.14. The van der Waals surface area contributed by atoms with Crippen molar-refractivity contribution in [3.8, 4) is 11.3 Å². The standard InChI is InChI=1S/C13H16BrN3O2S/c1-2-20(18,19)7-6-17-9-12(15)13(16-17)10-4-3-5-11(14)8-10/h3-5,8-9H,2,6-7,15H2,1H3. The first-order valence-corrected chi connectivity index (χ1v) is 8.82. The molecule has 0 spiro atoms. The smallest absolute Gasteiger partial charge is 0.151 e. The molecule has 0 aliphatic carbocycles. The van der Waals surface area contributed by atoms with Crippen LogP contribution in [0, 0.1) is 0 Å². The number of halogens is 1. The van der Waals surface area contributed by atoms with Gasteiger partial charge >= 0.3 is 0 Å². The predicted molar refractivity (Wildman–Crippen MR) is 84.1 cm³/mol. The van der Waals surface area contributed by atoms with E-state index in [4.69, 9.17) is 5.73 Å². The van der Waals surface area contributed by atoms with Crippen LogP contribution in [0.3, 0.4) is 0 Å². The summed E-state index contributed by atoms with van der Waals surface area (Å²) in [5.41, 5.74) is 8.05. The lowest BCUT2D eigenvalue weighted by Gasteiger charge is -2.02. The monoisotopic (exact) mass is 357 g/mol. The molecule has 2 N–H and O–H groups in total. The Morgan fingerprint density at radius 2 is 2.15 bits per heavy atom. The normalized spacial score (nSPS) is 11.7. The summed E-state index contributed by atoms with van der Waals surface area (Å²) in [4.78, 5) is 0. The average molecular weight is 358 g/mol. The van der Waals surface area contributed by atoms with Crippen molar-refractivity contribution in [2.75, 3.05) is 17.2 Å². The highest BCUT2D eigenvalue weighted by molar-refractivity contribution is 9.10. The van der Waals surface area contributed by atoms with Gasteiger partial charge in [-0.15, -0.1) is 0 Å². The molecule has 2 aromatic rings. The first-order chi connectivity index (χ1) is 9.41. The van der Waals surface area contributed by atoms with E-state index in [-0.39, 0.29) is 11.5 Å². The van der Waals surface area contributed by atoms with E-state index in [0.29, 0.717) is 17.9 Å². The van der Waals surface area contributed by atoms with Crippen molar-refractivity contribution < 1.29 is 8.42 Å². The molecule has 0 saturated heterocycles. The quantitative estimate of drug-likeness (QED) is 0.890. The molecule has 0 unspecified atom stereocenters. The van der Waals surface area contributed by atoms with E-state index in [1.54, 1.807) is 17.8 Å². The Kier molecular flexibility index (Phi) is 4.49. The van der Waals surface area contributed by atoms with Crippen LogP contribution in [-0.4, -0.2) is 29.7 Å². The third-order valence-electron chi connectivity index (χ3n) is 2.96. The van der Waals surface area contributed by atoms with E-state index in [0.717, 1.165) is 10.0 Å². The van der Waals surface area contributed by atoms with Crippen LogP contribution in [0.4, 0.5) is 5.69 Å². The van der Waals surface area contributed by atoms with Crippen LogP contribution in [0.25, 0.3) is 11.3 Å². The predicted octanol–water partition coefficient (Wildman–Crippen LogP) is 2.33. The van der Waals surface area contributed by atoms with Crippen LogP contribution >= 0.6 is 15.9 Å². The summed E-state index contributed by atoms with van der Waals surface area (Å²) in [5.74, 6) is 0.213. The fraction of sp³-hybridized carbons (Fsp3) is 0.308. The minimum absolute atomic E-state index is 0.0720. The van der Waals surface area contributed by atoms with Crippen LogP contribution in [0.5, 0.6) is 0 Å². The zero-order valence-corrected chi connectivity index (χ0v) is 13.5. The van der Waals surface area contributed by atoms with E-state index in [9.17, 15) is 8.42 Å². The molecule has 0 amide bonds. The van der Waals surface area contributed by atoms with Crippen molar-refractivity contribution in [3.05, 3.63) is 34.9 Å². The summed E-state index contributed by atoms with van der Waals surface area (Å²) in [6.45, 7) is 1.95. The number of hydrogen-bond donors (Lipinski definition) is 1. The molecule has 0 aliphatic heterocycles. The second-order valence-electron chi connectivity index (χ2n) is 4.44. The fourth-order valence-electron chi connectivity index (χ4n) is 1.79. The minimum Gasteiger partial charge on any atom is -0.396 e. The van der Waals surface area contributed by atoms with Gasteiger partial charge in [0.1, 0.15) is 5.69 Å². The number of aromatic nitrogens is 2. The number of aryl methyl sites for hydroxylation is 1. The Morgan fingerprint density at radius 3 is 2.80 bits per heavy atom. The molecular formula is C13H16BrN3O2S. The average Bonchev–Trinajstić information content (AvgIpc) is 2.78. The molecular weight excluding hydrogens is 342 g/mol. The summed E-state index contributed by atoms with van der Waals surface area (Å²) in [6.07, 6.45) is 1.67. The Balaban J connectivity index is 2.22. The summed E-state index contributed by atoms with van der Waals surface area (Å²) >= 11 is 3.40. The summed E-state index contributed by atoms with van der Waals surface area (Å²) in [5, 5.41) is 4.36. The highest BCUT2D eigenvalue weighted by atomic mass is 79.9. The molecule has 7 heteroatoms. The van der Waals surface area contributed by atoms with Gasteiger partial charge in [-0.05, 0) is 12.1 Å². The van der Waals surface area contributed by atoms with Crippen LogP contribution in [0.1, 0.15) is 6.92 Å². The molecule has 2 rings (SSSR count). The van der Waals surface area contributed by atoms with E-state index < -0.39 is 9.84 Å².